The van der Waals surface area contributed by atoms with Crippen molar-refractivity contribution in [2.24, 2.45) is 0 Å². The number of nitrogens with one attached hydrogen (secondary N) is 1. The molecule has 0 bridgehead atoms. The Labute approximate surface area is 115 Å². The van der Waals surface area contributed by atoms with E-state index in [1.165, 1.54) is 0 Å². The molecule has 0 aromatic carbocycles. The van der Waals surface area contributed by atoms with Crippen LogP contribution in [0.3, 0.4) is 0 Å². The molecule has 5 heteroatoms. The summed E-state index contributed by atoms with van der Waals surface area (Å²) in [5.74, 6) is 0.129. The predicted molar refractivity (Wildman–Crippen MR) is 73.7 cm³/mol. The van der Waals surface area contributed by atoms with Crippen LogP contribution < -0.4 is 5.32 Å². The van der Waals surface area contributed by atoms with Crippen LogP contribution in [0.1, 0.15) is 32.6 Å². The van der Waals surface area contributed by atoms with Crippen molar-refractivity contribution in [1.29, 1.82) is 0 Å². The summed E-state index contributed by atoms with van der Waals surface area (Å²) in [5.41, 5.74) is 0. The van der Waals surface area contributed by atoms with Gasteiger partial charge in [-0.2, -0.15) is 0 Å². The predicted octanol–water partition coefficient (Wildman–Crippen LogP) is 1.10. The first-order valence-electron chi connectivity index (χ1n) is 6.93. The molecule has 0 spiro atoms. The van der Waals surface area contributed by atoms with Gasteiger partial charge in [0, 0.05) is 26.1 Å². The van der Waals surface area contributed by atoms with E-state index in [9.17, 15) is 9.59 Å². The highest BCUT2D eigenvalue weighted by molar-refractivity contribution is 5.80. The van der Waals surface area contributed by atoms with Gasteiger partial charge in [0.1, 0.15) is 6.10 Å². The maximum atomic E-state index is 11.7. The molecule has 2 amide bonds. The Morgan fingerprint density at radius 2 is 2.42 bits per heavy atom. The lowest BCUT2D eigenvalue weighted by Gasteiger charge is -2.16. The zero-order valence-corrected chi connectivity index (χ0v) is 11.7. The summed E-state index contributed by atoms with van der Waals surface area (Å²) in [6.07, 6.45) is 4.48. The Balaban J connectivity index is 2.06. The van der Waals surface area contributed by atoms with E-state index in [2.05, 4.69) is 11.9 Å². The maximum Gasteiger partial charge on any atom is 0.248 e. The SMILES string of the molecule is C=CCCOC(C)C(=O)NCCCN1CCCC1=O. The van der Waals surface area contributed by atoms with Gasteiger partial charge >= 0.3 is 0 Å². The molecule has 108 valence electrons. The van der Waals surface area contributed by atoms with Gasteiger partial charge in [-0.3, -0.25) is 9.59 Å². The van der Waals surface area contributed by atoms with E-state index < -0.39 is 6.10 Å². The van der Waals surface area contributed by atoms with Crippen LogP contribution in [0, 0.1) is 0 Å². The average molecular weight is 268 g/mol. The van der Waals surface area contributed by atoms with Crippen molar-refractivity contribution in [3.63, 3.8) is 0 Å². The Bertz CT molecular complexity index is 318. The van der Waals surface area contributed by atoms with Gasteiger partial charge in [-0.25, -0.2) is 0 Å². The van der Waals surface area contributed by atoms with Gasteiger partial charge in [0.05, 0.1) is 6.61 Å². The minimum atomic E-state index is -0.437. The van der Waals surface area contributed by atoms with E-state index in [0.29, 0.717) is 19.6 Å². The fraction of sp³-hybridized carbons (Fsp3) is 0.714. The molecule has 1 aliphatic heterocycles. The Kier molecular flexibility index (Phi) is 7.18. The Morgan fingerprint density at radius 1 is 1.63 bits per heavy atom. The lowest BCUT2D eigenvalue weighted by molar-refractivity contribution is -0.131. The van der Waals surface area contributed by atoms with Crippen LogP contribution in [0.15, 0.2) is 12.7 Å². The van der Waals surface area contributed by atoms with Crippen molar-refractivity contribution in [3.8, 4) is 0 Å². The van der Waals surface area contributed by atoms with Gasteiger partial charge in [0.2, 0.25) is 11.8 Å². The fourth-order valence-corrected chi connectivity index (χ4v) is 1.97. The molecule has 1 unspecified atom stereocenters. The van der Waals surface area contributed by atoms with Crippen LogP contribution in [0.4, 0.5) is 0 Å². The van der Waals surface area contributed by atoms with Gasteiger partial charge in [0.25, 0.3) is 0 Å². The van der Waals surface area contributed by atoms with Crippen LogP contribution in [0.5, 0.6) is 0 Å². The number of ether oxygens (including phenoxy) is 1. The molecule has 1 rings (SSSR count). The molecule has 5 nitrogen and oxygen atoms in total. The molecule has 0 aliphatic carbocycles. The van der Waals surface area contributed by atoms with Crippen LogP contribution >= 0.6 is 0 Å². The van der Waals surface area contributed by atoms with E-state index in [1.54, 1.807) is 13.0 Å². The molecule has 0 radical (unpaired) electrons. The average Bonchev–Trinajstić information content (AvgIpc) is 2.80. The second-order valence-electron chi connectivity index (χ2n) is 4.72. The monoisotopic (exact) mass is 268 g/mol. The summed E-state index contributed by atoms with van der Waals surface area (Å²) in [7, 11) is 0. The molecule has 19 heavy (non-hydrogen) atoms. The van der Waals surface area contributed by atoms with Crippen molar-refractivity contribution in [1.82, 2.24) is 10.2 Å². The van der Waals surface area contributed by atoms with Gasteiger partial charge in [-0.1, -0.05) is 6.08 Å². The first-order chi connectivity index (χ1) is 9.15. The number of likely N-dealkylation sites (tertiary alicyclic amines) is 1. The number of carbonyl (C=O) groups excluding carboxylic acids is 2. The summed E-state index contributed by atoms with van der Waals surface area (Å²) in [5, 5.41) is 2.82. The number of nitrogens with zero attached hydrogens (tertiary/aromatic N) is 1. The van der Waals surface area contributed by atoms with Gasteiger partial charge < -0.3 is 15.0 Å². The van der Waals surface area contributed by atoms with Gasteiger partial charge in [-0.15, -0.1) is 6.58 Å². The number of hydrogen-bond donors (Lipinski definition) is 1. The fourth-order valence-electron chi connectivity index (χ4n) is 1.97. The van der Waals surface area contributed by atoms with E-state index in [-0.39, 0.29) is 11.8 Å². The second kappa shape index (κ2) is 8.69. The van der Waals surface area contributed by atoms with Crippen molar-refractivity contribution < 1.29 is 14.3 Å². The molecular weight excluding hydrogens is 244 g/mol. The van der Waals surface area contributed by atoms with Crippen molar-refractivity contribution in [2.45, 2.75) is 38.7 Å². The summed E-state index contributed by atoms with van der Waals surface area (Å²) in [6.45, 7) is 8.01. The van der Waals surface area contributed by atoms with Gasteiger partial charge in [-0.05, 0) is 26.2 Å². The second-order valence-corrected chi connectivity index (χ2v) is 4.72. The standard InChI is InChI=1S/C14H24N2O3/c1-3-4-11-19-12(2)14(18)15-8-6-10-16-9-5-7-13(16)17/h3,12H,1,4-11H2,2H3,(H,15,18). The molecule has 0 aromatic heterocycles. The largest absolute Gasteiger partial charge is 0.368 e. The zero-order valence-electron chi connectivity index (χ0n) is 11.7. The highest BCUT2D eigenvalue weighted by atomic mass is 16.5. The highest BCUT2D eigenvalue weighted by Crippen LogP contribution is 2.09. The number of amides is 2. The number of rotatable bonds is 9. The molecule has 1 aliphatic rings. The van der Waals surface area contributed by atoms with E-state index in [1.807, 2.05) is 4.90 Å². The van der Waals surface area contributed by atoms with Gasteiger partial charge in [0.15, 0.2) is 0 Å². The highest BCUT2D eigenvalue weighted by Gasteiger charge is 2.19. The Hall–Kier alpha value is -1.36. The summed E-state index contributed by atoms with van der Waals surface area (Å²) in [6, 6.07) is 0. The van der Waals surface area contributed by atoms with Crippen molar-refractivity contribution in [3.05, 3.63) is 12.7 Å². The van der Waals surface area contributed by atoms with Crippen LogP contribution in [-0.4, -0.2) is 49.1 Å². The smallest absolute Gasteiger partial charge is 0.248 e. The summed E-state index contributed by atoms with van der Waals surface area (Å²) >= 11 is 0. The molecule has 0 aromatic rings. The molecule has 1 saturated heterocycles. The minimum absolute atomic E-state index is 0.100. The van der Waals surface area contributed by atoms with Crippen LogP contribution in [-0.2, 0) is 14.3 Å². The summed E-state index contributed by atoms with van der Waals surface area (Å²) < 4.78 is 5.34. The topological polar surface area (TPSA) is 58.6 Å². The van der Waals surface area contributed by atoms with E-state index >= 15 is 0 Å². The third kappa shape index (κ3) is 5.87. The molecule has 1 heterocycles. The van der Waals surface area contributed by atoms with Crippen molar-refractivity contribution >= 4 is 11.8 Å². The Morgan fingerprint density at radius 3 is 3.05 bits per heavy atom. The first-order valence-corrected chi connectivity index (χ1v) is 6.93. The molecule has 0 saturated carbocycles. The molecule has 1 N–H and O–H groups in total. The molecule has 1 atom stereocenters. The lowest BCUT2D eigenvalue weighted by Crippen LogP contribution is -2.36. The normalized spacial score (nSPS) is 16.5. The van der Waals surface area contributed by atoms with Crippen LogP contribution in [0.2, 0.25) is 0 Å². The third-order valence-corrected chi connectivity index (χ3v) is 3.13. The molecular formula is C14H24N2O3. The minimum Gasteiger partial charge on any atom is -0.368 e. The van der Waals surface area contributed by atoms with Crippen LogP contribution in [0.25, 0.3) is 0 Å². The number of hydrogen-bond acceptors (Lipinski definition) is 3. The van der Waals surface area contributed by atoms with Crippen molar-refractivity contribution in [2.75, 3.05) is 26.2 Å². The zero-order chi connectivity index (χ0) is 14.1. The lowest BCUT2D eigenvalue weighted by atomic mass is 10.3. The van der Waals surface area contributed by atoms with E-state index in [0.717, 1.165) is 32.4 Å². The maximum absolute atomic E-state index is 11.7. The number of carbonyl (C=O) groups is 2. The summed E-state index contributed by atoms with van der Waals surface area (Å²) in [4.78, 5) is 24.9. The molecule has 1 fully saturated rings. The quantitative estimate of drug-likeness (QED) is 0.503. The third-order valence-electron chi connectivity index (χ3n) is 3.13. The van der Waals surface area contributed by atoms with E-state index in [4.69, 9.17) is 4.74 Å². The first kappa shape index (κ1) is 15.7.